The summed E-state index contributed by atoms with van der Waals surface area (Å²) in [6.07, 6.45) is 5.79. The van der Waals surface area contributed by atoms with Gasteiger partial charge in [0.1, 0.15) is 0 Å². The summed E-state index contributed by atoms with van der Waals surface area (Å²) < 4.78 is 32.8. The van der Waals surface area contributed by atoms with E-state index in [9.17, 15) is 13.2 Å². The molecule has 0 aromatic carbocycles. The smallest absolute Gasteiger partial charge is 0.310 e. The Morgan fingerprint density at radius 2 is 1.85 bits per heavy atom. The Morgan fingerprint density at radius 3 is 2.45 bits per heavy atom. The lowest BCUT2D eigenvalue weighted by molar-refractivity contribution is -0.144. The highest BCUT2D eigenvalue weighted by atomic mass is 32.2. The summed E-state index contributed by atoms with van der Waals surface area (Å²) in [5, 5.41) is 0. The van der Waals surface area contributed by atoms with Crippen LogP contribution in [0.4, 0.5) is 0 Å². The first-order valence-electron chi connectivity index (χ1n) is 7.27. The van der Waals surface area contributed by atoms with Gasteiger partial charge in [-0.1, -0.05) is 19.3 Å². The molecule has 1 saturated heterocycles. The average molecular weight is 304 g/mol. The normalized spacial score (nSPS) is 26.1. The van der Waals surface area contributed by atoms with Gasteiger partial charge < -0.3 is 4.74 Å². The molecule has 0 bridgehead atoms. The molecule has 6 nitrogen and oxygen atoms in total. The minimum absolute atomic E-state index is 0.103. The highest BCUT2D eigenvalue weighted by molar-refractivity contribution is 7.86. The van der Waals surface area contributed by atoms with Gasteiger partial charge in [0.15, 0.2) is 0 Å². The molecule has 20 heavy (non-hydrogen) atoms. The number of carbonyl (C=O) groups is 1. The third kappa shape index (κ3) is 3.15. The maximum atomic E-state index is 12.6. The molecular weight excluding hydrogens is 280 g/mol. The summed E-state index contributed by atoms with van der Waals surface area (Å²) >= 11 is 0. The monoisotopic (exact) mass is 304 g/mol. The van der Waals surface area contributed by atoms with Gasteiger partial charge in [0.25, 0.3) is 10.2 Å². The molecule has 1 unspecified atom stereocenters. The van der Waals surface area contributed by atoms with Crippen molar-refractivity contribution in [2.75, 3.05) is 27.2 Å². The number of nitrogens with zero attached hydrogens (tertiary/aromatic N) is 2. The second kappa shape index (κ2) is 6.41. The lowest BCUT2D eigenvalue weighted by Crippen LogP contribution is -2.46. The van der Waals surface area contributed by atoms with E-state index in [1.54, 1.807) is 7.05 Å². The molecule has 1 heterocycles. The van der Waals surface area contributed by atoms with E-state index >= 15 is 0 Å². The molecule has 1 saturated carbocycles. The molecule has 0 amide bonds. The molecule has 1 atom stereocenters. The Bertz CT molecular complexity index is 445. The first-order valence-corrected chi connectivity index (χ1v) is 8.67. The third-order valence-electron chi connectivity index (χ3n) is 4.46. The molecule has 0 aromatic heterocycles. The first-order chi connectivity index (χ1) is 9.46. The zero-order valence-electron chi connectivity index (χ0n) is 12.2. The van der Waals surface area contributed by atoms with E-state index in [4.69, 9.17) is 4.74 Å². The number of methoxy groups -OCH3 is 1. The zero-order chi connectivity index (χ0) is 14.8. The van der Waals surface area contributed by atoms with Crippen LogP contribution in [0.25, 0.3) is 0 Å². The Kier molecular flexibility index (Phi) is 5.04. The van der Waals surface area contributed by atoms with E-state index in [2.05, 4.69) is 0 Å². The Morgan fingerprint density at radius 1 is 1.20 bits per heavy atom. The van der Waals surface area contributed by atoms with Crippen molar-refractivity contribution < 1.29 is 17.9 Å². The standard InChI is InChI=1S/C13H24N2O4S/c1-14(12-6-4-3-5-7-12)20(17,18)15-9-8-11(10-15)13(16)19-2/h11-12H,3-10H2,1-2H3. The van der Waals surface area contributed by atoms with E-state index in [1.165, 1.54) is 22.1 Å². The van der Waals surface area contributed by atoms with E-state index in [1.807, 2.05) is 0 Å². The summed E-state index contributed by atoms with van der Waals surface area (Å²) in [4.78, 5) is 11.5. The van der Waals surface area contributed by atoms with Gasteiger partial charge in [-0.25, -0.2) is 0 Å². The van der Waals surface area contributed by atoms with Gasteiger partial charge in [0.05, 0.1) is 13.0 Å². The van der Waals surface area contributed by atoms with Crippen molar-refractivity contribution in [3.05, 3.63) is 0 Å². The van der Waals surface area contributed by atoms with Crippen molar-refractivity contribution in [1.29, 1.82) is 0 Å². The molecule has 1 aliphatic carbocycles. The fourth-order valence-corrected chi connectivity index (χ4v) is 4.77. The Balaban J connectivity index is 2.01. The fourth-order valence-electron chi connectivity index (χ4n) is 3.11. The van der Waals surface area contributed by atoms with Crippen LogP contribution in [0.2, 0.25) is 0 Å². The van der Waals surface area contributed by atoms with Gasteiger partial charge in [0, 0.05) is 26.2 Å². The minimum atomic E-state index is -3.45. The predicted molar refractivity (Wildman–Crippen MR) is 75.3 cm³/mol. The van der Waals surface area contributed by atoms with Crippen LogP contribution < -0.4 is 0 Å². The number of hydrogen-bond donors (Lipinski definition) is 0. The highest BCUT2D eigenvalue weighted by Gasteiger charge is 2.39. The maximum absolute atomic E-state index is 12.6. The first kappa shape index (κ1) is 15.7. The molecule has 2 aliphatic rings. The zero-order valence-corrected chi connectivity index (χ0v) is 13.1. The molecule has 0 spiro atoms. The van der Waals surface area contributed by atoms with Crippen molar-refractivity contribution in [2.24, 2.45) is 5.92 Å². The van der Waals surface area contributed by atoms with Crippen LogP contribution in [0.3, 0.4) is 0 Å². The summed E-state index contributed by atoms with van der Waals surface area (Å²) in [5.41, 5.74) is 0. The summed E-state index contributed by atoms with van der Waals surface area (Å²) in [6, 6.07) is 0.103. The van der Waals surface area contributed by atoms with E-state index in [-0.39, 0.29) is 24.5 Å². The van der Waals surface area contributed by atoms with Crippen LogP contribution in [0.15, 0.2) is 0 Å². The van der Waals surface area contributed by atoms with Crippen LogP contribution in [-0.2, 0) is 19.7 Å². The summed E-state index contributed by atoms with van der Waals surface area (Å²) in [7, 11) is -0.450. The van der Waals surface area contributed by atoms with Crippen molar-refractivity contribution in [3.8, 4) is 0 Å². The fraction of sp³-hybridized carbons (Fsp3) is 0.923. The molecule has 0 aromatic rings. The second-order valence-corrected chi connectivity index (χ2v) is 7.67. The van der Waals surface area contributed by atoms with Gasteiger partial charge in [-0.05, 0) is 19.3 Å². The van der Waals surface area contributed by atoms with Crippen molar-refractivity contribution in [1.82, 2.24) is 8.61 Å². The van der Waals surface area contributed by atoms with Crippen molar-refractivity contribution >= 4 is 16.2 Å². The molecule has 7 heteroatoms. The van der Waals surface area contributed by atoms with Gasteiger partial charge in [-0.3, -0.25) is 4.79 Å². The Hall–Kier alpha value is -0.660. The lowest BCUT2D eigenvalue weighted by atomic mass is 9.96. The molecule has 2 rings (SSSR count). The maximum Gasteiger partial charge on any atom is 0.310 e. The molecule has 2 fully saturated rings. The van der Waals surface area contributed by atoms with Crippen LogP contribution in [0, 0.1) is 5.92 Å². The number of rotatable bonds is 4. The summed E-state index contributed by atoms with van der Waals surface area (Å²) in [5.74, 6) is -0.641. The van der Waals surface area contributed by atoms with Crippen molar-refractivity contribution in [3.63, 3.8) is 0 Å². The van der Waals surface area contributed by atoms with Crippen LogP contribution >= 0.6 is 0 Å². The molecule has 1 aliphatic heterocycles. The second-order valence-electron chi connectivity index (χ2n) is 5.68. The van der Waals surface area contributed by atoms with E-state index in [0.717, 1.165) is 25.7 Å². The largest absolute Gasteiger partial charge is 0.469 e. The van der Waals surface area contributed by atoms with Gasteiger partial charge in [0.2, 0.25) is 0 Å². The summed E-state index contributed by atoms with van der Waals surface area (Å²) in [6.45, 7) is 0.644. The molecule has 0 radical (unpaired) electrons. The topological polar surface area (TPSA) is 66.9 Å². The van der Waals surface area contributed by atoms with Crippen LogP contribution in [0.5, 0.6) is 0 Å². The number of carbonyl (C=O) groups excluding carboxylic acids is 1. The molecule has 116 valence electrons. The Labute approximate surface area is 121 Å². The average Bonchev–Trinajstić information content (AvgIpc) is 2.97. The number of hydrogen-bond acceptors (Lipinski definition) is 4. The SMILES string of the molecule is COC(=O)C1CCN(S(=O)(=O)N(C)C2CCCCC2)C1. The highest BCUT2D eigenvalue weighted by Crippen LogP contribution is 2.27. The number of ether oxygens (including phenoxy) is 1. The van der Waals surface area contributed by atoms with Gasteiger partial charge >= 0.3 is 5.97 Å². The van der Waals surface area contributed by atoms with E-state index in [0.29, 0.717) is 13.0 Å². The quantitative estimate of drug-likeness (QED) is 0.727. The van der Waals surface area contributed by atoms with Gasteiger partial charge in [-0.15, -0.1) is 0 Å². The minimum Gasteiger partial charge on any atom is -0.469 e. The van der Waals surface area contributed by atoms with Crippen LogP contribution in [-0.4, -0.2) is 56.3 Å². The third-order valence-corrected chi connectivity index (χ3v) is 6.47. The lowest BCUT2D eigenvalue weighted by Gasteiger charge is -2.33. The van der Waals surface area contributed by atoms with Crippen LogP contribution in [0.1, 0.15) is 38.5 Å². The van der Waals surface area contributed by atoms with E-state index < -0.39 is 10.2 Å². The number of esters is 1. The van der Waals surface area contributed by atoms with Crippen molar-refractivity contribution in [2.45, 2.75) is 44.6 Å². The molecule has 0 N–H and O–H groups in total. The van der Waals surface area contributed by atoms with Gasteiger partial charge in [-0.2, -0.15) is 17.0 Å². The predicted octanol–water partition coefficient (Wildman–Crippen LogP) is 0.991. The molecular formula is C13H24N2O4S.